The molecule has 1 saturated heterocycles. The normalized spacial score (nSPS) is 19.6. The van der Waals surface area contributed by atoms with Gasteiger partial charge in [-0.25, -0.2) is 4.39 Å². The van der Waals surface area contributed by atoms with Crippen molar-refractivity contribution in [1.29, 1.82) is 0 Å². The highest BCUT2D eigenvalue weighted by molar-refractivity contribution is 5.71. The highest BCUT2D eigenvalue weighted by atomic mass is 19.1. The van der Waals surface area contributed by atoms with Crippen molar-refractivity contribution < 1.29 is 14.3 Å². The van der Waals surface area contributed by atoms with E-state index in [-0.39, 0.29) is 17.7 Å². The topological polar surface area (TPSA) is 104 Å². The molecule has 1 aliphatic rings. The molecule has 2 heterocycles. The fourth-order valence-corrected chi connectivity index (χ4v) is 3.83. The number of carbonyl (C=O) groups is 1. The zero-order valence-electron chi connectivity index (χ0n) is 14.9. The first-order valence-electron chi connectivity index (χ1n) is 8.92. The summed E-state index contributed by atoms with van der Waals surface area (Å²) >= 11 is 0. The molecule has 0 bridgehead atoms. The van der Waals surface area contributed by atoms with Gasteiger partial charge < -0.3 is 10.4 Å². The average molecular weight is 361 g/mol. The fourth-order valence-electron chi connectivity index (χ4n) is 3.83. The molecule has 3 N–H and O–H groups in total. The largest absolute Gasteiger partial charge is 0.481 e. The molecule has 0 saturated carbocycles. The van der Waals surface area contributed by atoms with Crippen LogP contribution >= 0.6 is 0 Å². The van der Waals surface area contributed by atoms with Gasteiger partial charge in [0.1, 0.15) is 5.82 Å². The number of hydrogen-bond donors (Lipinski definition) is 3. The molecule has 0 amide bonds. The molecule has 1 aliphatic heterocycles. The van der Waals surface area contributed by atoms with E-state index < -0.39 is 17.8 Å². The zero-order chi connectivity index (χ0) is 18.7. The van der Waals surface area contributed by atoms with E-state index in [4.69, 9.17) is 0 Å². The summed E-state index contributed by atoms with van der Waals surface area (Å²) in [6, 6.07) is 5.21. The summed E-state index contributed by atoms with van der Waals surface area (Å²) in [7, 11) is 0. The van der Waals surface area contributed by atoms with E-state index in [0.29, 0.717) is 17.8 Å². The molecule has 1 fully saturated rings. The Morgan fingerprint density at radius 2 is 2.23 bits per heavy atom. The van der Waals surface area contributed by atoms with Crippen LogP contribution in [0.2, 0.25) is 0 Å². The van der Waals surface area contributed by atoms with E-state index >= 15 is 0 Å². The van der Waals surface area contributed by atoms with Gasteiger partial charge in [-0.15, -0.1) is 10.2 Å². The van der Waals surface area contributed by atoms with E-state index in [9.17, 15) is 14.3 Å². The summed E-state index contributed by atoms with van der Waals surface area (Å²) in [4.78, 5) is 11.8. The third kappa shape index (κ3) is 3.90. The number of H-pyrrole nitrogens is 1. The van der Waals surface area contributed by atoms with Gasteiger partial charge in [-0.1, -0.05) is 31.2 Å². The third-order valence-corrected chi connectivity index (χ3v) is 5.15. The number of rotatable bonds is 7. The third-order valence-electron chi connectivity index (χ3n) is 5.15. The van der Waals surface area contributed by atoms with Gasteiger partial charge in [0.25, 0.3) is 0 Å². The van der Waals surface area contributed by atoms with Gasteiger partial charge >= 0.3 is 5.97 Å². The monoisotopic (exact) mass is 361 g/mol. The van der Waals surface area contributed by atoms with Crippen LogP contribution in [0.5, 0.6) is 0 Å². The van der Waals surface area contributed by atoms with E-state index in [2.05, 4.69) is 25.9 Å². The highest BCUT2D eigenvalue weighted by Crippen LogP contribution is 2.33. The van der Waals surface area contributed by atoms with E-state index in [1.165, 1.54) is 6.07 Å². The number of halogens is 1. The lowest BCUT2D eigenvalue weighted by Crippen LogP contribution is -2.29. The lowest BCUT2D eigenvalue weighted by atomic mass is 9.79. The van der Waals surface area contributed by atoms with Crippen molar-refractivity contribution in [3.63, 3.8) is 0 Å². The number of aliphatic carboxylic acids is 1. The molecule has 7 nitrogen and oxygen atoms in total. The zero-order valence-corrected chi connectivity index (χ0v) is 14.9. The predicted molar refractivity (Wildman–Crippen MR) is 93.2 cm³/mol. The van der Waals surface area contributed by atoms with Crippen molar-refractivity contribution in [2.24, 2.45) is 11.8 Å². The summed E-state index contributed by atoms with van der Waals surface area (Å²) < 4.78 is 14.6. The van der Waals surface area contributed by atoms with Gasteiger partial charge in [0.15, 0.2) is 5.82 Å². The first-order valence-corrected chi connectivity index (χ1v) is 8.92. The molecule has 0 spiro atoms. The van der Waals surface area contributed by atoms with Crippen LogP contribution in [0.3, 0.4) is 0 Å². The molecule has 140 valence electrons. The van der Waals surface area contributed by atoms with Crippen molar-refractivity contribution >= 4 is 5.97 Å². The van der Waals surface area contributed by atoms with Crippen LogP contribution in [0.4, 0.5) is 4.39 Å². The number of nitrogens with zero attached hydrogens (tertiary/aromatic N) is 3. The summed E-state index contributed by atoms with van der Waals surface area (Å²) in [6.07, 6.45) is 1.27. The van der Waals surface area contributed by atoms with Crippen LogP contribution < -0.4 is 5.32 Å². The number of carboxylic acids is 1. The maximum absolute atomic E-state index is 14.6. The van der Waals surface area contributed by atoms with Crippen LogP contribution in [0, 0.1) is 17.7 Å². The average Bonchev–Trinajstić information content (AvgIpc) is 3.27. The first-order chi connectivity index (χ1) is 12.5. The maximum atomic E-state index is 14.6. The van der Waals surface area contributed by atoms with Crippen LogP contribution in [0.15, 0.2) is 18.2 Å². The minimum atomic E-state index is -0.913. The van der Waals surface area contributed by atoms with Crippen molar-refractivity contribution in [2.45, 2.75) is 38.5 Å². The molecule has 8 heteroatoms. The minimum Gasteiger partial charge on any atom is -0.481 e. The Kier molecular flexibility index (Phi) is 5.61. The Labute approximate surface area is 151 Å². The smallest absolute Gasteiger partial charge is 0.307 e. The summed E-state index contributed by atoms with van der Waals surface area (Å²) in [5.74, 6) is -1.90. The number of carboxylic acid groups (broad SMARTS) is 1. The second-order valence-electron chi connectivity index (χ2n) is 7.23. The molecule has 0 radical (unpaired) electrons. The molecule has 0 aliphatic carbocycles. The van der Waals surface area contributed by atoms with Crippen LogP contribution in [0.1, 0.15) is 49.1 Å². The Balaban J connectivity index is 1.87. The van der Waals surface area contributed by atoms with Crippen molar-refractivity contribution in [1.82, 2.24) is 25.9 Å². The number of hydrogen-bond acceptors (Lipinski definition) is 5. The molecule has 26 heavy (non-hydrogen) atoms. The number of tetrazole rings is 1. The second kappa shape index (κ2) is 7.90. The quantitative estimate of drug-likeness (QED) is 0.698. The van der Waals surface area contributed by atoms with Crippen LogP contribution in [-0.2, 0) is 11.2 Å². The molecule has 3 rings (SSSR count). The number of aromatic nitrogens is 4. The van der Waals surface area contributed by atoms with Gasteiger partial charge in [-0.2, -0.15) is 5.21 Å². The standard InChI is InChI=1S/C18H24FN5O2/c1-10(2)16(18(25)26)14(17-21-23-24-22-17)7-11-3-4-13(15(19)8-11)12-5-6-20-9-12/h3-4,8,10,12,14,16,20H,5-7,9H2,1-2H3,(H,25,26)(H,21,22,23,24)/t12?,14-,16-/m0/s1. The molecule has 1 aromatic heterocycles. The first kappa shape index (κ1) is 18.4. The van der Waals surface area contributed by atoms with Gasteiger partial charge in [0.05, 0.1) is 5.92 Å². The SMILES string of the molecule is CC(C)[C@H](C(=O)O)[C@H](Cc1ccc(C2CCNC2)c(F)c1)c1nn[nH]n1. The molecule has 3 atom stereocenters. The highest BCUT2D eigenvalue weighted by Gasteiger charge is 2.35. The Hall–Kier alpha value is -2.35. The predicted octanol–water partition coefficient (Wildman–Crippen LogP) is 2.10. The van der Waals surface area contributed by atoms with E-state index in [0.717, 1.165) is 25.1 Å². The molecule has 2 aromatic rings. The van der Waals surface area contributed by atoms with Gasteiger partial charge in [0, 0.05) is 18.4 Å². The number of nitrogens with one attached hydrogen (secondary N) is 2. The number of aromatic amines is 1. The summed E-state index contributed by atoms with van der Waals surface area (Å²) in [6.45, 7) is 5.39. The second-order valence-corrected chi connectivity index (χ2v) is 7.23. The van der Waals surface area contributed by atoms with Crippen molar-refractivity contribution in [2.75, 3.05) is 13.1 Å². The fraction of sp³-hybridized carbons (Fsp3) is 0.556. The maximum Gasteiger partial charge on any atom is 0.307 e. The van der Waals surface area contributed by atoms with Crippen LogP contribution in [-0.4, -0.2) is 44.8 Å². The van der Waals surface area contributed by atoms with Crippen molar-refractivity contribution in [3.8, 4) is 0 Å². The van der Waals surface area contributed by atoms with Gasteiger partial charge in [-0.3, -0.25) is 4.79 Å². The number of benzene rings is 1. The molecule has 1 unspecified atom stereocenters. The Morgan fingerprint density at radius 1 is 1.42 bits per heavy atom. The molecular formula is C18H24FN5O2. The minimum absolute atomic E-state index is 0.121. The summed E-state index contributed by atoms with van der Waals surface area (Å²) in [5, 5.41) is 26.8. The molecule has 1 aromatic carbocycles. The van der Waals surface area contributed by atoms with Gasteiger partial charge in [-0.05, 0) is 42.5 Å². The van der Waals surface area contributed by atoms with E-state index in [1.54, 1.807) is 0 Å². The molecular weight excluding hydrogens is 337 g/mol. The van der Waals surface area contributed by atoms with Crippen molar-refractivity contribution in [3.05, 3.63) is 41.0 Å². The van der Waals surface area contributed by atoms with Gasteiger partial charge in [0.2, 0.25) is 0 Å². The lowest BCUT2D eigenvalue weighted by Gasteiger charge is -2.24. The Morgan fingerprint density at radius 3 is 2.77 bits per heavy atom. The lowest BCUT2D eigenvalue weighted by molar-refractivity contribution is -0.144. The van der Waals surface area contributed by atoms with E-state index in [1.807, 2.05) is 26.0 Å². The Bertz CT molecular complexity index is 744. The van der Waals surface area contributed by atoms with Crippen LogP contribution in [0.25, 0.3) is 0 Å². The summed E-state index contributed by atoms with van der Waals surface area (Å²) in [5.41, 5.74) is 1.45.